The van der Waals surface area contributed by atoms with Gasteiger partial charge in [0.25, 0.3) is 11.8 Å². The Morgan fingerprint density at radius 2 is 2.04 bits per heavy atom. The summed E-state index contributed by atoms with van der Waals surface area (Å²) < 4.78 is 26.9. The summed E-state index contributed by atoms with van der Waals surface area (Å²) in [4.78, 5) is 29.0. The smallest absolute Gasteiger partial charge is 0.257 e. The topological polar surface area (TPSA) is 52.7 Å². The molecule has 0 saturated carbocycles. The van der Waals surface area contributed by atoms with Gasteiger partial charge < -0.3 is 15.1 Å². The summed E-state index contributed by atoms with van der Waals surface area (Å²) in [6.07, 6.45) is 1.88. The molecule has 1 N–H and O–H groups in total. The molecule has 7 heteroatoms. The van der Waals surface area contributed by atoms with Gasteiger partial charge in [-0.1, -0.05) is 0 Å². The van der Waals surface area contributed by atoms with Crippen LogP contribution in [0.3, 0.4) is 0 Å². The fourth-order valence-electron chi connectivity index (χ4n) is 3.81. The molecule has 4 rings (SSSR count). The van der Waals surface area contributed by atoms with Crippen molar-refractivity contribution >= 4 is 17.5 Å². The van der Waals surface area contributed by atoms with Crippen LogP contribution in [0.15, 0.2) is 36.4 Å². The third kappa shape index (κ3) is 3.03. The van der Waals surface area contributed by atoms with E-state index in [9.17, 15) is 18.4 Å². The predicted molar refractivity (Wildman–Crippen MR) is 96.4 cm³/mol. The van der Waals surface area contributed by atoms with Gasteiger partial charge in [0, 0.05) is 31.3 Å². The summed E-state index contributed by atoms with van der Waals surface area (Å²) in [5.41, 5.74) is 1.74. The highest BCUT2D eigenvalue weighted by molar-refractivity contribution is 6.04. The number of anilines is 1. The maximum absolute atomic E-state index is 13.7. The summed E-state index contributed by atoms with van der Waals surface area (Å²) in [5.74, 6) is -1.56. The lowest BCUT2D eigenvalue weighted by Crippen LogP contribution is -2.50. The van der Waals surface area contributed by atoms with Crippen molar-refractivity contribution < 1.29 is 18.4 Å². The zero-order valence-electron chi connectivity index (χ0n) is 14.8. The first kappa shape index (κ1) is 17.5. The van der Waals surface area contributed by atoms with E-state index in [1.54, 1.807) is 18.2 Å². The van der Waals surface area contributed by atoms with E-state index in [-0.39, 0.29) is 24.2 Å². The molecule has 1 saturated heterocycles. The molecule has 2 aromatic rings. The highest BCUT2D eigenvalue weighted by Crippen LogP contribution is 2.35. The van der Waals surface area contributed by atoms with Gasteiger partial charge in [-0.25, -0.2) is 8.78 Å². The summed E-state index contributed by atoms with van der Waals surface area (Å²) in [6.45, 7) is 0.624. The zero-order chi connectivity index (χ0) is 19.1. The molecular weight excluding hydrogens is 352 g/mol. The van der Waals surface area contributed by atoms with Crippen LogP contribution in [-0.2, 0) is 6.54 Å². The first-order valence-corrected chi connectivity index (χ1v) is 8.85. The summed E-state index contributed by atoms with van der Waals surface area (Å²) >= 11 is 0. The van der Waals surface area contributed by atoms with Crippen molar-refractivity contribution in [3.05, 3.63) is 64.7 Å². The largest absolute Gasteiger partial charge is 0.354 e. The number of rotatable bonds is 3. The number of nitrogens with zero attached hydrogens (tertiary/aromatic N) is 2. The van der Waals surface area contributed by atoms with E-state index in [0.717, 1.165) is 37.6 Å². The van der Waals surface area contributed by atoms with Crippen molar-refractivity contribution in [2.45, 2.75) is 25.6 Å². The highest BCUT2D eigenvalue weighted by Gasteiger charge is 2.38. The number of fused-ring (bicyclic) bond motifs is 2. The number of amides is 2. The van der Waals surface area contributed by atoms with E-state index >= 15 is 0 Å². The minimum atomic E-state index is -0.575. The zero-order valence-corrected chi connectivity index (χ0v) is 14.8. The maximum atomic E-state index is 13.7. The van der Waals surface area contributed by atoms with Crippen molar-refractivity contribution in [3.8, 4) is 0 Å². The molecule has 0 spiro atoms. The Hall–Kier alpha value is -2.96. The van der Waals surface area contributed by atoms with E-state index in [0.29, 0.717) is 16.8 Å². The van der Waals surface area contributed by atoms with Gasteiger partial charge in [0.15, 0.2) is 0 Å². The molecule has 0 radical (unpaired) electrons. The SMILES string of the molecule is CN1c2cc(C(=O)NCc3cc(F)ccc3F)ccc2C(=O)N2CCCC21. The lowest BCUT2D eigenvalue weighted by Gasteiger charge is -2.40. The average molecular weight is 371 g/mol. The molecule has 0 aromatic heterocycles. The van der Waals surface area contributed by atoms with Gasteiger partial charge in [0.2, 0.25) is 0 Å². The first-order valence-electron chi connectivity index (χ1n) is 8.85. The number of halogens is 2. The Bertz CT molecular complexity index is 931. The lowest BCUT2D eigenvalue weighted by molar-refractivity contribution is 0.0719. The molecule has 27 heavy (non-hydrogen) atoms. The van der Waals surface area contributed by atoms with Crippen molar-refractivity contribution in [1.82, 2.24) is 10.2 Å². The standard InChI is InChI=1S/C20H19F2N3O2/c1-24-17-10-12(4-6-15(17)20(27)25-8-2-3-18(24)25)19(26)23-11-13-9-14(21)5-7-16(13)22/h4-7,9-10,18H,2-3,8,11H2,1H3,(H,23,26). The molecule has 0 bridgehead atoms. The number of nitrogens with one attached hydrogen (secondary N) is 1. The van der Waals surface area contributed by atoms with Gasteiger partial charge in [0.05, 0.1) is 11.3 Å². The second-order valence-electron chi connectivity index (χ2n) is 6.88. The van der Waals surface area contributed by atoms with Gasteiger partial charge in [-0.3, -0.25) is 9.59 Å². The molecule has 140 valence electrons. The van der Waals surface area contributed by atoms with E-state index in [4.69, 9.17) is 0 Å². The van der Waals surface area contributed by atoms with Crippen LogP contribution in [-0.4, -0.2) is 36.5 Å². The Balaban J connectivity index is 1.55. The Kier molecular flexibility index (Phi) is 4.30. The molecule has 2 amide bonds. The van der Waals surface area contributed by atoms with Crippen molar-refractivity contribution in [2.75, 3.05) is 18.5 Å². The third-order valence-electron chi connectivity index (χ3n) is 5.25. The van der Waals surface area contributed by atoms with Crippen molar-refractivity contribution in [2.24, 2.45) is 0 Å². The van der Waals surface area contributed by atoms with Crippen LogP contribution in [0, 0.1) is 11.6 Å². The van der Waals surface area contributed by atoms with Gasteiger partial charge >= 0.3 is 0 Å². The van der Waals surface area contributed by atoms with Crippen LogP contribution >= 0.6 is 0 Å². The third-order valence-corrected chi connectivity index (χ3v) is 5.25. The molecule has 2 aliphatic heterocycles. The Labute approximate surface area is 155 Å². The van der Waals surface area contributed by atoms with Crippen LogP contribution in [0.2, 0.25) is 0 Å². The van der Waals surface area contributed by atoms with Gasteiger partial charge in [0.1, 0.15) is 17.8 Å². The number of hydrogen-bond acceptors (Lipinski definition) is 3. The quantitative estimate of drug-likeness (QED) is 0.903. The van der Waals surface area contributed by atoms with E-state index in [1.165, 1.54) is 0 Å². The number of carbonyl (C=O) groups excluding carboxylic acids is 2. The summed E-state index contributed by atoms with van der Waals surface area (Å²) in [6, 6.07) is 8.04. The van der Waals surface area contributed by atoms with Gasteiger partial charge in [-0.15, -0.1) is 0 Å². The second-order valence-corrected chi connectivity index (χ2v) is 6.88. The minimum absolute atomic E-state index is 0.0145. The average Bonchev–Trinajstić information content (AvgIpc) is 3.16. The molecule has 2 aromatic carbocycles. The lowest BCUT2D eigenvalue weighted by atomic mass is 10.0. The Morgan fingerprint density at radius 1 is 1.22 bits per heavy atom. The molecule has 1 unspecified atom stereocenters. The Morgan fingerprint density at radius 3 is 2.85 bits per heavy atom. The second kappa shape index (κ2) is 6.64. The molecule has 2 aliphatic rings. The molecular formula is C20H19F2N3O2. The highest BCUT2D eigenvalue weighted by atomic mass is 19.1. The minimum Gasteiger partial charge on any atom is -0.354 e. The van der Waals surface area contributed by atoms with Crippen LogP contribution in [0.25, 0.3) is 0 Å². The number of carbonyl (C=O) groups is 2. The number of benzene rings is 2. The van der Waals surface area contributed by atoms with Crippen LogP contribution in [0.5, 0.6) is 0 Å². The maximum Gasteiger partial charge on any atom is 0.257 e. The normalized spacial score (nSPS) is 18.3. The predicted octanol–water partition coefficient (Wildman–Crippen LogP) is 2.91. The summed E-state index contributed by atoms with van der Waals surface area (Å²) in [7, 11) is 1.91. The van der Waals surface area contributed by atoms with Crippen molar-refractivity contribution in [3.63, 3.8) is 0 Å². The summed E-state index contributed by atoms with van der Waals surface area (Å²) in [5, 5.41) is 2.60. The molecule has 5 nitrogen and oxygen atoms in total. The van der Waals surface area contributed by atoms with E-state index in [1.807, 2.05) is 16.8 Å². The molecule has 2 heterocycles. The monoisotopic (exact) mass is 371 g/mol. The fourth-order valence-corrected chi connectivity index (χ4v) is 3.81. The van der Waals surface area contributed by atoms with E-state index in [2.05, 4.69) is 5.32 Å². The van der Waals surface area contributed by atoms with Crippen molar-refractivity contribution in [1.29, 1.82) is 0 Å². The van der Waals surface area contributed by atoms with Gasteiger partial charge in [-0.2, -0.15) is 0 Å². The van der Waals surface area contributed by atoms with Gasteiger partial charge in [-0.05, 0) is 49.2 Å². The van der Waals surface area contributed by atoms with Crippen LogP contribution in [0.1, 0.15) is 39.1 Å². The molecule has 1 fully saturated rings. The number of hydrogen-bond donors (Lipinski definition) is 1. The van der Waals surface area contributed by atoms with Crippen LogP contribution < -0.4 is 10.2 Å². The fraction of sp³-hybridized carbons (Fsp3) is 0.300. The van der Waals surface area contributed by atoms with E-state index < -0.39 is 17.5 Å². The molecule has 1 atom stereocenters. The molecule has 0 aliphatic carbocycles. The first-order chi connectivity index (χ1) is 13.0. The van der Waals surface area contributed by atoms with Crippen LogP contribution in [0.4, 0.5) is 14.5 Å².